The van der Waals surface area contributed by atoms with E-state index < -0.39 is 0 Å². The Labute approximate surface area is 176 Å². The molecule has 0 amide bonds. The van der Waals surface area contributed by atoms with E-state index >= 15 is 0 Å². The van der Waals surface area contributed by atoms with E-state index in [4.69, 9.17) is 0 Å². The fraction of sp³-hybridized carbons (Fsp3) is 0.182. The van der Waals surface area contributed by atoms with Gasteiger partial charge in [0.25, 0.3) is 0 Å². The van der Waals surface area contributed by atoms with Gasteiger partial charge in [-0.15, -0.1) is 0 Å². The molecular formula is C22H28N6O2. The number of hydrogen-bond acceptors (Lipinski definition) is 4. The van der Waals surface area contributed by atoms with Gasteiger partial charge in [-0.25, -0.2) is 9.36 Å². The monoisotopic (exact) mass is 408 g/mol. The van der Waals surface area contributed by atoms with Crippen molar-refractivity contribution in [1.82, 2.24) is 19.6 Å². The van der Waals surface area contributed by atoms with Crippen LogP contribution in [0.2, 0.25) is 0 Å². The Morgan fingerprint density at radius 1 is 0.667 bits per heavy atom. The van der Waals surface area contributed by atoms with Crippen molar-refractivity contribution in [2.24, 2.45) is 0 Å². The maximum Gasteiger partial charge on any atom is 0.124 e. The molecule has 0 aliphatic carbocycles. The molecule has 0 saturated heterocycles. The Morgan fingerprint density at radius 2 is 1.00 bits per heavy atom. The van der Waals surface area contributed by atoms with Crippen molar-refractivity contribution in [3.63, 3.8) is 0 Å². The van der Waals surface area contributed by atoms with E-state index in [0.29, 0.717) is 0 Å². The topological polar surface area (TPSA) is 137 Å². The highest BCUT2D eigenvalue weighted by Crippen LogP contribution is 2.15. The molecule has 4 aromatic rings. The summed E-state index contributed by atoms with van der Waals surface area (Å²) in [4.78, 5) is 0. The molecule has 0 atom stereocenters. The third-order valence-electron chi connectivity index (χ3n) is 3.85. The summed E-state index contributed by atoms with van der Waals surface area (Å²) in [6, 6.07) is 21.8. The van der Waals surface area contributed by atoms with Crippen molar-refractivity contribution in [2.45, 2.75) is 13.8 Å². The predicted molar refractivity (Wildman–Crippen MR) is 111 cm³/mol. The number of para-hydroxylation sites is 2. The average molecular weight is 409 g/mol. The van der Waals surface area contributed by atoms with Gasteiger partial charge >= 0.3 is 0 Å². The predicted octanol–water partition coefficient (Wildman–Crippen LogP) is -0.0212. The Balaban J connectivity index is 0.000000182. The van der Waals surface area contributed by atoms with Crippen LogP contribution in [0.25, 0.3) is 11.4 Å². The minimum absolute atomic E-state index is 0.0799. The lowest BCUT2D eigenvalue weighted by atomic mass is 10.3. The van der Waals surface area contributed by atoms with Crippen LogP contribution in [-0.2, 0) is 0 Å². The van der Waals surface area contributed by atoms with Gasteiger partial charge in [-0.1, -0.05) is 36.4 Å². The Kier molecular flexibility index (Phi) is 8.61. The van der Waals surface area contributed by atoms with E-state index in [1.165, 1.54) is 21.5 Å². The average Bonchev–Trinajstić information content (AvgIpc) is 3.29. The fourth-order valence-corrected chi connectivity index (χ4v) is 2.46. The second-order valence-electron chi connectivity index (χ2n) is 6.45. The lowest BCUT2D eigenvalue weighted by Crippen LogP contribution is -2.64. The van der Waals surface area contributed by atoms with E-state index in [1.807, 2.05) is 60.7 Å². The largest absolute Gasteiger partial charge is 0.859 e. The standard InChI is InChI=1S/2C10H10N2O.C2H8N2/c2*1-8-7-10(13)12(11-8)9-5-3-2-4-6-9;3-1-2-4/h2*2-7,13H,1H3;1-4H2. The second-order valence-corrected chi connectivity index (χ2v) is 6.45. The zero-order valence-electron chi connectivity index (χ0n) is 17.4. The molecule has 2 aromatic heterocycles. The number of nitrogens with zero attached hydrogens (tertiary/aromatic N) is 4. The molecule has 6 N–H and O–H groups in total. The number of quaternary nitrogens is 2. The molecule has 8 heteroatoms. The number of hydrogen-bond donors (Lipinski definition) is 2. The summed E-state index contributed by atoms with van der Waals surface area (Å²) < 4.78 is 2.80. The molecule has 2 aromatic carbocycles. The van der Waals surface area contributed by atoms with Crippen molar-refractivity contribution in [3.05, 3.63) is 84.2 Å². The van der Waals surface area contributed by atoms with Crippen molar-refractivity contribution >= 4 is 0 Å². The van der Waals surface area contributed by atoms with Gasteiger partial charge < -0.3 is 21.7 Å². The molecular weight excluding hydrogens is 380 g/mol. The van der Waals surface area contributed by atoms with Crippen LogP contribution in [0.1, 0.15) is 11.4 Å². The molecule has 0 radical (unpaired) electrons. The fourth-order valence-electron chi connectivity index (χ4n) is 2.46. The number of rotatable bonds is 3. The molecule has 0 fully saturated rings. The highest BCUT2D eigenvalue weighted by atomic mass is 16.3. The molecule has 0 bridgehead atoms. The molecule has 0 aliphatic heterocycles. The summed E-state index contributed by atoms with van der Waals surface area (Å²) in [5.74, 6) is -0.160. The Bertz CT molecular complexity index is 929. The molecule has 0 aliphatic rings. The Morgan fingerprint density at radius 3 is 1.23 bits per heavy atom. The van der Waals surface area contributed by atoms with Gasteiger partial charge in [0.2, 0.25) is 0 Å². The molecule has 158 valence electrons. The van der Waals surface area contributed by atoms with Crippen molar-refractivity contribution < 1.29 is 21.7 Å². The minimum Gasteiger partial charge on any atom is -0.859 e. The van der Waals surface area contributed by atoms with Gasteiger partial charge in [0.15, 0.2) is 0 Å². The van der Waals surface area contributed by atoms with Crippen LogP contribution in [0.5, 0.6) is 11.8 Å². The van der Waals surface area contributed by atoms with Crippen LogP contribution in [0.15, 0.2) is 72.8 Å². The summed E-state index contributed by atoms with van der Waals surface area (Å²) in [5.41, 5.74) is 10.2. The highest BCUT2D eigenvalue weighted by Gasteiger charge is 1.99. The van der Waals surface area contributed by atoms with Gasteiger partial charge in [-0.2, -0.15) is 10.2 Å². The summed E-state index contributed by atoms with van der Waals surface area (Å²) in [5, 5.41) is 30.9. The van der Waals surface area contributed by atoms with E-state index in [-0.39, 0.29) is 11.8 Å². The first-order chi connectivity index (χ1) is 14.5. The van der Waals surface area contributed by atoms with Gasteiger partial charge in [-0.3, -0.25) is 0 Å². The van der Waals surface area contributed by atoms with Crippen molar-refractivity contribution in [2.75, 3.05) is 13.1 Å². The van der Waals surface area contributed by atoms with Crippen LogP contribution in [0.3, 0.4) is 0 Å². The maximum atomic E-state index is 11.3. The first-order valence-electron chi connectivity index (χ1n) is 9.63. The number of aromatic nitrogens is 4. The minimum atomic E-state index is -0.0799. The normalized spacial score (nSPS) is 9.87. The first kappa shape index (κ1) is 22.7. The zero-order chi connectivity index (χ0) is 21.9. The molecule has 0 spiro atoms. The zero-order valence-corrected chi connectivity index (χ0v) is 17.4. The van der Waals surface area contributed by atoms with Crippen molar-refractivity contribution in [1.29, 1.82) is 0 Å². The van der Waals surface area contributed by atoms with Gasteiger partial charge in [0.1, 0.15) is 13.1 Å². The molecule has 2 heterocycles. The molecule has 0 unspecified atom stereocenters. The first-order valence-corrected chi connectivity index (χ1v) is 9.63. The van der Waals surface area contributed by atoms with Crippen LogP contribution < -0.4 is 21.7 Å². The smallest absolute Gasteiger partial charge is 0.124 e. The second kappa shape index (κ2) is 11.4. The highest BCUT2D eigenvalue weighted by molar-refractivity contribution is 5.35. The molecule has 4 rings (SSSR count). The van der Waals surface area contributed by atoms with Crippen LogP contribution >= 0.6 is 0 Å². The van der Waals surface area contributed by atoms with E-state index in [9.17, 15) is 10.2 Å². The van der Waals surface area contributed by atoms with Gasteiger partial charge in [-0.05, 0) is 62.0 Å². The third-order valence-corrected chi connectivity index (χ3v) is 3.85. The lowest BCUT2D eigenvalue weighted by Gasteiger charge is -2.08. The van der Waals surface area contributed by atoms with Gasteiger partial charge in [0, 0.05) is 0 Å². The van der Waals surface area contributed by atoms with Gasteiger partial charge in [0.05, 0.1) is 22.8 Å². The number of benzene rings is 2. The Hall–Kier alpha value is -3.62. The molecule has 0 saturated carbocycles. The van der Waals surface area contributed by atoms with E-state index in [0.717, 1.165) is 35.9 Å². The van der Waals surface area contributed by atoms with Crippen LogP contribution in [0.4, 0.5) is 0 Å². The summed E-state index contributed by atoms with van der Waals surface area (Å²) in [7, 11) is 0. The summed E-state index contributed by atoms with van der Waals surface area (Å²) in [6.45, 7) is 5.53. The summed E-state index contributed by atoms with van der Waals surface area (Å²) in [6.07, 6.45) is 0. The quantitative estimate of drug-likeness (QED) is 0.492. The number of aryl methyl sites for hydroxylation is 2. The lowest BCUT2D eigenvalue weighted by molar-refractivity contribution is -0.453. The third kappa shape index (κ3) is 6.47. The molecule has 8 nitrogen and oxygen atoms in total. The van der Waals surface area contributed by atoms with E-state index in [1.54, 1.807) is 13.8 Å². The van der Waals surface area contributed by atoms with Crippen molar-refractivity contribution in [3.8, 4) is 23.1 Å². The SMILES string of the molecule is Cc1cc([O-])n(-c2ccccc2)n1.Cc1cc([O-])n(-c2ccccc2)n1.[NH3+]CC[NH3+]. The summed E-state index contributed by atoms with van der Waals surface area (Å²) >= 11 is 0. The van der Waals surface area contributed by atoms with Crippen LogP contribution in [0, 0.1) is 13.8 Å². The maximum absolute atomic E-state index is 11.3. The van der Waals surface area contributed by atoms with Crippen LogP contribution in [-0.4, -0.2) is 32.7 Å². The molecule has 30 heavy (non-hydrogen) atoms. The van der Waals surface area contributed by atoms with E-state index in [2.05, 4.69) is 21.7 Å².